The Morgan fingerprint density at radius 1 is 1.04 bits per heavy atom. The van der Waals surface area contributed by atoms with Gasteiger partial charge in [-0.3, -0.25) is 4.79 Å². The van der Waals surface area contributed by atoms with E-state index in [0.717, 1.165) is 44.5 Å². The summed E-state index contributed by atoms with van der Waals surface area (Å²) < 4.78 is 0. The van der Waals surface area contributed by atoms with Gasteiger partial charge in [0.25, 0.3) is 0 Å². The molecule has 0 spiro atoms. The van der Waals surface area contributed by atoms with Gasteiger partial charge in [-0.2, -0.15) is 0 Å². The smallest absolute Gasteiger partial charge is 0.321 e. The lowest BCUT2D eigenvalue weighted by molar-refractivity contribution is -0.132. The molecule has 0 aromatic heterocycles. The fraction of sp³-hybridized carbons (Fsp3) is 0.579. The van der Waals surface area contributed by atoms with Crippen molar-refractivity contribution in [3.05, 3.63) is 23.8 Å². The van der Waals surface area contributed by atoms with E-state index in [0.29, 0.717) is 19.6 Å². The van der Waals surface area contributed by atoms with E-state index in [9.17, 15) is 9.59 Å². The molecule has 1 saturated heterocycles. The number of carbonyl (C=O) groups is 2. The molecule has 2 fully saturated rings. The van der Waals surface area contributed by atoms with E-state index < -0.39 is 0 Å². The van der Waals surface area contributed by atoms with Gasteiger partial charge in [-0.25, -0.2) is 4.79 Å². The second-order valence-corrected chi connectivity index (χ2v) is 7.39. The number of likely N-dealkylation sites (N-methyl/N-ethyl adjacent to an activating group) is 1. The van der Waals surface area contributed by atoms with Crippen molar-refractivity contribution in [2.75, 3.05) is 50.0 Å². The lowest BCUT2D eigenvalue weighted by Crippen LogP contribution is -2.39. The molecule has 3 aliphatic rings. The highest BCUT2D eigenvalue weighted by atomic mass is 16.2. The summed E-state index contributed by atoms with van der Waals surface area (Å²) in [6.07, 6.45) is 3.98. The Kier molecular flexibility index (Phi) is 4.27. The first-order valence-electron chi connectivity index (χ1n) is 9.30. The van der Waals surface area contributed by atoms with Gasteiger partial charge in [-0.1, -0.05) is 6.07 Å². The van der Waals surface area contributed by atoms with Crippen LogP contribution in [-0.2, 0) is 11.2 Å². The summed E-state index contributed by atoms with van der Waals surface area (Å²) in [4.78, 5) is 30.8. The number of anilines is 2. The summed E-state index contributed by atoms with van der Waals surface area (Å²) in [6.45, 7) is 3.75. The standard InChI is InChI=1S/C19H26N4O2/c1-21-10-7-14-5-6-16(13-17(14)21)20-19(25)23-9-2-8-22(11-12-23)18(24)15-3-4-15/h5-6,13,15H,2-4,7-12H2,1H3,(H,20,25). The second kappa shape index (κ2) is 6.58. The third-order valence-electron chi connectivity index (χ3n) is 5.49. The van der Waals surface area contributed by atoms with E-state index in [4.69, 9.17) is 0 Å². The highest BCUT2D eigenvalue weighted by Crippen LogP contribution is 2.31. The quantitative estimate of drug-likeness (QED) is 0.896. The van der Waals surface area contributed by atoms with Crippen LogP contribution in [-0.4, -0.2) is 61.5 Å². The molecule has 0 atom stereocenters. The Hall–Kier alpha value is -2.24. The molecular weight excluding hydrogens is 316 g/mol. The van der Waals surface area contributed by atoms with E-state index >= 15 is 0 Å². The van der Waals surface area contributed by atoms with Crippen molar-refractivity contribution in [1.82, 2.24) is 9.80 Å². The number of hydrogen-bond acceptors (Lipinski definition) is 3. The Morgan fingerprint density at radius 2 is 1.80 bits per heavy atom. The zero-order valence-corrected chi connectivity index (χ0v) is 14.8. The van der Waals surface area contributed by atoms with Crippen molar-refractivity contribution >= 4 is 23.3 Å². The van der Waals surface area contributed by atoms with Crippen LogP contribution in [0.15, 0.2) is 18.2 Å². The molecule has 6 nitrogen and oxygen atoms in total. The van der Waals surface area contributed by atoms with Crippen molar-refractivity contribution in [1.29, 1.82) is 0 Å². The van der Waals surface area contributed by atoms with E-state index in [2.05, 4.69) is 29.4 Å². The maximum Gasteiger partial charge on any atom is 0.321 e. The lowest BCUT2D eigenvalue weighted by Gasteiger charge is -2.23. The number of rotatable bonds is 2. The van der Waals surface area contributed by atoms with E-state index in [-0.39, 0.29) is 17.9 Å². The van der Waals surface area contributed by atoms with Crippen LogP contribution in [0.25, 0.3) is 0 Å². The van der Waals surface area contributed by atoms with Gasteiger partial charge in [0, 0.05) is 57.1 Å². The van der Waals surface area contributed by atoms with Crippen LogP contribution in [0.5, 0.6) is 0 Å². The molecule has 6 heteroatoms. The molecule has 0 radical (unpaired) electrons. The maximum absolute atomic E-state index is 12.6. The average molecular weight is 342 g/mol. The molecule has 2 heterocycles. The zero-order chi connectivity index (χ0) is 17.4. The fourth-order valence-corrected chi connectivity index (χ4v) is 3.75. The Balaban J connectivity index is 1.36. The minimum absolute atomic E-state index is 0.0682. The Morgan fingerprint density at radius 3 is 2.60 bits per heavy atom. The predicted molar refractivity (Wildman–Crippen MR) is 97.9 cm³/mol. The van der Waals surface area contributed by atoms with Crippen LogP contribution in [0, 0.1) is 5.92 Å². The average Bonchev–Trinajstić information content (AvgIpc) is 3.42. The van der Waals surface area contributed by atoms with Gasteiger partial charge >= 0.3 is 6.03 Å². The number of nitrogens with one attached hydrogen (secondary N) is 1. The fourth-order valence-electron chi connectivity index (χ4n) is 3.75. The summed E-state index contributed by atoms with van der Waals surface area (Å²) in [7, 11) is 2.08. The summed E-state index contributed by atoms with van der Waals surface area (Å²) in [6, 6.07) is 6.08. The third-order valence-corrected chi connectivity index (χ3v) is 5.49. The van der Waals surface area contributed by atoms with Crippen LogP contribution in [0.4, 0.5) is 16.2 Å². The van der Waals surface area contributed by atoms with E-state index in [1.807, 2.05) is 15.9 Å². The number of benzene rings is 1. The van der Waals surface area contributed by atoms with Gasteiger partial charge in [0.2, 0.25) is 5.91 Å². The van der Waals surface area contributed by atoms with Crippen LogP contribution in [0.2, 0.25) is 0 Å². The van der Waals surface area contributed by atoms with Gasteiger partial charge in [-0.15, -0.1) is 0 Å². The van der Waals surface area contributed by atoms with E-state index in [1.54, 1.807) is 0 Å². The molecule has 2 aliphatic heterocycles. The Labute approximate surface area is 148 Å². The van der Waals surface area contributed by atoms with Crippen LogP contribution in [0.3, 0.4) is 0 Å². The molecular formula is C19H26N4O2. The van der Waals surface area contributed by atoms with Gasteiger partial charge in [-0.05, 0) is 43.4 Å². The van der Waals surface area contributed by atoms with E-state index in [1.165, 1.54) is 11.3 Å². The first kappa shape index (κ1) is 16.2. The monoisotopic (exact) mass is 342 g/mol. The zero-order valence-electron chi connectivity index (χ0n) is 14.8. The highest BCUT2D eigenvalue weighted by Gasteiger charge is 2.34. The molecule has 3 amide bonds. The first-order valence-corrected chi connectivity index (χ1v) is 9.30. The van der Waals surface area contributed by atoms with Gasteiger partial charge < -0.3 is 20.0 Å². The minimum Gasteiger partial charge on any atom is -0.374 e. The summed E-state index contributed by atoms with van der Waals surface area (Å²) in [5, 5.41) is 3.03. The number of hydrogen-bond donors (Lipinski definition) is 1. The molecule has 25 heavy (non-hydrogen) atoms. The molecule has 1 aromatic rings. The second-order valence-electron chi connectivity index (χ2n) is 7.39. The summed E-state index contributed by atoms with van der Waals surface area (Å²) >= 11 is 0. The van der Waals surface area contributed by atoms with Crippen molar-refractivity contribution < 1.29 is 9.59 Å². The van der Waals surface area contributed by atoms with Crippen molar-refractivity contribution in [3.63, 3.8) is 0 Å². The number of urea groups is 1. The van der Waals surface area contributed by atoms with Crippen LogP contribution in [0.1, 0.15) is 24.8 Å². The highest BCUT2D eigenvalue weighted by molar-refractivity contribution is 5.90. The molecule has 1 N–H and O–H groups in total. The number of carbonyl (C=O) groups excluding carboxylic acids is 2. The summed E-state index contributed by atoms with van der Waals surface area (Å²) in [5.41, 5.74) is 3.38. The molecule has 1 saturated carbocycles. The van der Waals surface area contributed by atoms with Gasteiger partial charge in [0.15, 0.2) is 0 Å². The summed E-state index contributed by atoms with van der Waals surface area (Å²) in [5.74, 6) is 0.535. The van der Waals surface area contributed by atoms with Crippen molar-refractivity contribution in [3.8, 4) is 0 Å². The first-order chi connectivity index (χ1) is 12.1. The molecule has 4 rings (SSSR count). The maximum atomic E-state index is 12.6. The molecule has 0 unspecified atom stereocenters. The number of amides is 3. The molecule has 0 bridgehead atoms. The topological polar surface area (TPSA) is 55.9 Å². The van der Waals surface area contributed by atoms with Crippen LogP contribution < -0.4 is 10.2 Å². The minimum atomic E-state index is -0.0682. The SMILES string of the molecule is CN1CCc2ccc(NC(=O)N3CCCN(C(=O)C4CC4)CC3)cc21. The van der Waals surface area contributed by atoms with Gasteiger partial charge in [0.1, 0.15) is 0 Å². The largest absolute Gasteiger partial charge is 0.374 e. The predicted octanol–water partition coefficient (Wildman–Crippen LogP) is 2.16. The third kappa shape index (κ3) is 3.43. The molecule has 1 aliphatic carbocycles. The normalized spacial score (nSPS) is 20.3. The van der Waals surface area contributed by atoms with Crippen molar-refractivity contribution in [2.24, 2.45) is 5.92 Å². The van der Waals surface area contributed by atoms with Crippen molar-refractivity contribution in [2.45, 2.75) is 25.7 Å². The number of fused-ring (bicyclic) bond motifs is 1. The van der Waals surface area contributed by atoms with Gasteiger partial charge in [0.05, 0.1) is 0 Å². The Bertz CT molecular complexity index is 686. The molecule has 1 aromatic carbocycles. The molecule has 134 valence electrons. The van der Waals surface area contributed by atoms with Crippen LogP contribution >= 0.6 is 0 Å². The number of nitrogens with zero attached hydrogens (tertiary/aromatic N) is 3. The lowest BCUT2D eigenvalue weighted by atomic mass is 10.1.